The second kappa shape index (κ2) is 4.78. The van der Waals surface area contributed by atoms with Gasteiger partial charge in [-0.25, -0.2) is 9.99 Å². The minimum absolute atomic E-state index is 0.604. The van der Waals surface area contributed by atoms with Gasteiger partial charge < -0.3 is 4.74 Å². The van der Waals surface area contributed by atoms with Gasteiger partial charge in [-0.15, -0.1) is 0 Å². The van der Waals surface area contributed by atoms with E-state index in [4.69, 9.17) is 4.74 Å². The summed E-state index contributed by atoms with van der Waals surface area (Å²) in [6, 6.07) is 7.86. The van der Waals surface area contributed by atoms with Gasteiger partial charge in [0.1, 0.15) is 0 Å². The average molecular weight is 244 g/mol. The molecule has 1 N–H and O–H groups in total. The fourth-order valence-corrected chi connectivity index (χ4v) is 2.22. The van der Waals surface area contributed by atoms with E-state index in [9.17, 15) is 0 Å². The van der Waals surface area contributed by atoms with E-state index >= 15 is 0 Å². The molecule has 94 valence electrons. The molecular formula is C13H16N4O. The Morgan fingerprint density at radius 1 is 1.17 bits per heavy atom. The van der Waals surface area contributed by atoms with Crippen LogP contribution in [-0.2, 0) is 0 Å². The predicted octanol–water partition coefficient (Wildman–Crippen LogP) is 2.06. The van der Waals surface area contributed by atoms with Crippen molar-refractivity contribution in [2.24, 2.45) is 0 Å². The number of benzene rings is 1. The van der Waals surface area contributed by atoms with Crippen LogP contribution in [0.2, 0.25) is 0 Å². The summed E-state index contributed by atoms with van der Waals surface area (Å²) in [5.41, 5.74) is 4.13. The number of fused-ring (bicyclic) bond motifs is 1. The number of hydrogen-bond donors (Lipinski definition) is 1. The molecule has 0 bridgehead atoms. The number of aromatic nitrogens is 2. The van der Waals surface area contributed by atoms with E-state index in [1.54, 1.807) is 7.11 Å². The van der Waals surface area contributed by atoms with Crippen LogP contribution >= 0.6 is 0 Å². The first-order chi connectivity index (χ1) is 8.86. The molecule has 18 heavy (non-hydrogen) atoms. The van der Waals surface area contributed by atoms with Crippen molar-refractivity contribution in [3.05, 3.63) is 24.3 Å². The van der Waals surface area contributed by atoms with Crippen LogP contribution in [0.1, 0.15) is 12.8 Å². The van der Waals surface area contributed by atoms with Crippen molar-refractivity contribution in [3.63, 3.8) is 0 Å². The normalized spacial score (nSPS) is 16.1. The molecule has 1 saturated heterocycles. The van der Waals surface area contributed by atoms with Crippen LogP contribution in [0.25, 0.3) is 10.9 Å². The molecule has 0 spiro atoms. The molecule has 1 aromatic carbocycles. The van der Waals surface area contributed by atoms with Gasteiger partial charge >= 0.3 is 0 Å². The Bertz CT molecular complexity index is 552. The van der Waals surface area contributed by atoms with Crippen molar-refractivity contribution in [1.82, 2.24) is 15.0 Å². The lowest BCUT2D eigenvalue weighted by Crippen LogP contribution is -2.27. The lowest BCUT2D eigenvalue weighted by Gasteiger charge is -2.16. The van der Waals surface area contributed by atoms with Gasteiger partial charge in [-0.05, 0) is 25.0 Å². The number of ether oxygens (including phenoxy) is 1. The molecular weight excluding hydrogens is 228 g/mol. The fraction of sp³-hybridized carbons (Fsp3) is 0.385. The summed E-state index contributed by atoms with van der Waals surface area (Å²) in [6.45, 7) is 2.08. The predicted molar refractivity (Wildman–Crippen MR) is 70.5 cm³/mol. The summed E-state index contributed by atoms with van der Waals surface area (Å²) in [5, 5.41) is 3.08. The smallest absolute Gasteiger partial charge is 0.241 e. The van der Waals surface area contributed by atoms with Gasteiger partial charge in [-0.1, -0.05) is 12.1 Å². The molecule has 0 unspecified atom stereocenters. The minimum atomic E-state index is 0.604. The zero-order valence-electron chi connectivity index (χ0n) is 10.4. The van der Waals surface area contributed by atoms with Crippen LogP contribution in [0.4, 0.5) is 5.95 Å². The van der Waals surface area contributed by atoms with Crippen molar-refractivity contribution in [1.29, 1.82) is 0 Å². The Kier molecular flexibility index (Phi) is 2.98. The van der Waals surface area contributed by atoms with Crippen molar-refractivity contribution >= 4 is 16.9 Å². The first-order valence-electron chi connectivity index (χ1n) is 6.19. The SMILES string of the molecule is COc1nc(NN2CCCC2)nc2ccccc12. The van der Waals surface area contributed by atoms with Crippen molar-refractivity contribution in [2.45, 2.75) is 12.8 Å². The monoisotopic (exact) mass is 244 g/mol. The first-order valence-corrected chi connectivity index (χ1v) is 6.19. The third-order valence-corrected chi connectivity index (χ3v) is 3.13. The van der Waals surface area contributed by atoms with Gasteiger partial charge in [0.25, 0.3) is 0 Å². The van der Waals surface area contributed by atoms with Crippen LogP contribution in [-0.4, -0.2) is 35.2 Å². The zero-order chi connectivity index (χ0) is 12.4. The number of nitrogens with zero attached hydrogens (tertiary/aromatic N) is 3. The highest BCUT2D eigenvalue weighted by Crippen LogP contribution is 2.23. The third-order valence-electron chi connectivity index (χ3n) is 3.13. The van der Waals surface area contributed by atoms with Gasteiger partial charge in [-0.3, -0.25) is 5.43 Å². The van der Waals surface area contributed by atoms with Gasteiger partial charge in [-0.2, -0.15) is 4.98 Å². The molecule has 3 rings (SSSR count). The van der Waals surface area contributed by atoms with Gasteiger partial charge in [0.2, 0.25) is 11.8 Å². The summed E-state index contributed by atoms with van der Waals surface area (Å²) >= 11 is 0. The van der Waals surface area contributed by atoms with Crippen LogP contribution in [0.15, 0.2) is 24.3 Å². The molecule has 1 aliphatic rings. The quantitative estimate of drug-likeness (QED) is 0.895. The number of para-hydroxylation sites is 1. The Morgan fingerprint density at radius 3 is 2.72 bits per heavy atom. The number of anilines is 1. The molecule has 0 aliphatic carbocycles. The van der Waals surface area contributed by atoms with E-state index in [1.165, 1.54) is 12.8 Å². The van der Waals surface area contributed by atoms with Crippen LogP contribution in [0.5, 0.6) is 5.88 Å². The van der Waals surface area contributed by atoms with E-state index < -0.39 is 0 Å². The van der Waals surface area contributed by atoms with E-state index in [0.29, 0.717) is 11.8 Å². The second-order valence-corrected chi connectivity index (χ2v) is 4.38. The van der Waals surface area contributed by atoms with Gasteiger partial charge in [0.05, 0.1) is 18.0 Å². The van der Waals surface area contributed by atoms with Crippen LogP contribution in [0.3, 0.4) is 0 Å². The minimum Gasteiger partial charge on any atom is -0.480 e. The highest BCUT2D eigenvalue weighted by molar-refractivity contribution is 5.84. The highest BCUT2D eigenvalue weighted by atomic mass is 16.5. The molecule has 0 atom stereocenters. The van der Waals surface area contributed by atoms with Crippen molar-refractivity contribution in [3.8, 4) is 5.88 Å². The Balaban J connectivity index is 1.96. The number of hydrazine groups is 1. The molecule has 0 amide bonds. The summed E-state index contributed by atoms with van der Waals surface area (Å²) < 4.78 is 5.32. The maximum absolute atomic E-state index is 5.32. The Morgan fingerprint density at radius 2 is 1.94 bits per heavy atom. The van der Waals surface area contributed by atoms with Crippen molar-refractivity contribution in [2.75, 3.05) is 25.6 Å². The summed E-state index contributed by atoms with van der Waals surface area (Å²) in [5.74, 6) is 1.22. The van der Waals surface area contributed by atoms with Gasteiger partial charge in [0.15, 0.2) is 0 Å². The lowest BCUT2D eigenvalue weighted by atomic mass is 10.2. The first kappa shape index (κ1) is 11.2. The molecule has 0 radical (unpaired) electrons. The molecule has 1 aromatic heterocycles. The molecule has 2 heterocycles. The lowest BCUT2D eigenvalue weighted by molar-refractivity contribution is 0.391. The van der Waals surface area contributed by atoms with Crippen molar-refractivity contribution < 1.29 is 4.74 Å². The fourth-order valence-electron chi connectivity index (χ4n) is 2.22. The van der Waals surface area contributed by atoms with Crippen LogP contribution < -0.4 is 10.2 Å². The Labute approximate surface area is 106 Å². The van der Waals surface area contributed by atoms with Crippen LogP contribution in [0, 0.1) is 0 Å². The number of hydrogen-bond acceptors (Lipinski definition) is 5. The standard InChI is InChI=1S/C13H16N4O/c1-18-12-10-6-2-3-7-11(10)14-13(15-12)16-17-8-4-5-9-17/h2-3,6-7H,4-5,8-9H2,1H3,(H,14,15,16). The average Bonchev–Trinajstić information content (AvgIpc) is 2.90. The zero-order valence-corrected chi connectivity index (χ0v) is 10.4. The number of nitrogens with one attached hydrogen (secondary N) is 1. The molecule has 1 aliphatic heterocycles. The maximum Gasteiger partial charge on any atom is 0.241 e. The Hall–Kier alpha value is -1.88. The summed E-state index contributed by atoms with van der Waals surface area (Å²) in [7, 11) is 1.63. The maximum atomic E-state index is 5.32. The third kappa shape index (κ3) is 2.09. The summed E-state index contributed by atoms with van der Waals surface area (Å²) in [4.78, 5) is 8.90. The topological polar surface area (TPSA) is 50.3 Å². The molecule has 5 heteroatoms. The second-order valence-electron chi connectivity index (χ2n) is 4.38. The molecule has 2 aromatic rings. The molecule has 1 fully saturated rings. The largest absolute Gasteiger partial charge is 0.480 e. The highest BCUT2D eigenvalue weighted by Gasteiger charge is 2.14. The van der Waals surface area contributed by atoms with E-state index in [1.807, 2.05) is 24.3 Å². The van der Waals surface area contributed by atoms with Gasteiger partial charge in [0, 0.05) is 13.1 Å². The summed E-state index contributed by atoms with van der Waals surface area (Å²) in [6.07, 6.45) is 2.44. The van der Waals surface area contributed by atoms with E-state index in [2.05, 4.69) is 20.4 Å². The number of rotatable bonds is 3. The van der Waals surface area contributed by atoms with E-state index in [0.717, 1.165) is 24.0 Å². The molecule has 0 saturated carbocycles. The molecule has 5 nitrogen and oxygen atoms in total. The van der Waals surface area contributed by atoms with E-state index in [-0.39, 0.29) is 0 Å². The number of methoxy groups -OCH3 is 1.